The Hall–Kier alpha value is -1.34. The molecule has 2 aromatic rings. The Kier molecular flexibility index (Phi) is 4.49. The van der Waals surface area contributed by atoms with Gasteiger partial charge in [-0.3, -0.25) is 0 Å². The first-order valence-corrected chi connectivity index (χ1v) is 7.73. The van der Waals surface area contributed by atoms with Crippen molar-refractivity contribution in [2.45, 2.75) is 18.0 Å². The van der Waals surface area contributed by atoms with Gasteiger partial charge in [-0.05, 0) is 29.8 Å². The molecule has 2 N–H and O–H groups in total. The van der Waals surface area contributed by atoms with Gasteiger partial charge in [0.1, 0.15) is 0 Å². The molecule has 0 amide bonds. The Balaban J connectivity index is 2.29. The predicted molar refractivity (Wildman–Crippen MR) is 76.7 cm³/mol. The van der Waals surface area contributed by atoms with Crippen LogP contribution >= 0.6 is 11.6 Å². The summed E-state index contributed by atoms with van der Waals surface area (Å²) in [5.74, 6) is 0. The number of nitrogens with two attached hydrogens (primary N) is 1. The molecular weight excluding hydrogens is 300 g/mol. The largest absolute Gasteiger partial charge is 0.472 e. The van der Waals surface area contributed by atoms with Crippen molar-refractivity contribution >= 4 is 21.6 Å². The quantitative estimate of drug-likeness (QED) is 0.918. The Morgan fingerprint density at radius 3 is 2.70 bits per heavy atom. The summed E-state index contributed by atoms with van der Waals surface area (Å²) >= 11 is 5.94. The summed E-state index contributed by atoms with van der Waals surface area (Å²) in [5, 5.41) is 0.462. The Morgan fingerprint density at radius 1 is 1.35 bits per heavy atom. The highest BCUT2D eigenvalue weighted by Gasteiger charge is 2.22. The molecule has 0 spiro atoms. The molecule has 0 saturated carbocycles. The van der Waals surface area contributed by atoms with Crippen LogP contribution in [0.2, 0.25) is 5.02 Å². The molecule has 0 atom stereocenters. The van der Waals surface area contributed by atoms with Gasteiger partial charge in [0.05, 0.1) is 17.4 Å². The van der Waals surface area contributed by atoms with Crippen LogP contribution in [0.3, 0.4) is 0 Å². The number of furan rings is 1. The fraction of sp³-hybridized carbons (Fsp3) is 0.231. The van der Waals surface area contributed by atoms with E-state index in [-0.39, 0.29) is 18.0 Å². The van der Waals surface area contributed by atoms with Crippen LogP contribution in [-0.4, -0.2) is 19.8 Å². The molecule has 0 saturated heterocycles. The van der Waals surface area contributed by atoms with E-state index in [0.29, 0.717) is 10.6 Å². The number of sulfonamides is 1. The molecule has 20 heavy (non-hydrogen) atoms. The van der Waals surface area contributed by atoms with Gasteiger partial charge >= 0.3 is 0 Å². The van der Waals surface area contributed by atoms with Gasteiger partial charge in [0.25, 0.3) is 0 Å². The number of hydrogen-bond acceptors (Lipinski definition) is 4. The van der Waals surface area contributed by atoms with Crippen molar-refractivity contribution in [1.29, 1.82) is 0 Å². The monoisotopic (exact) mass is 314 g/mol. The summed E-state index contributed by atoms with van der Waals surface area (Å²) in [6.07, 6.45) is 3.02. The van der Waals surface area contributed by atoms with E-state index in [4.69, 9.17) is 21.8 Å². The smallest absolute Gasteiger partial charge is 0.243 e. The molecule has 0 bridgehead atoms. The Bertz CT molecular complexity index is 684. The van der Waals surface area contributed by atoms with Crippen molar-refractivity contribution in [2.75, 3.05) is 7.05 Å². The molecule has 108 valence electrons. The zero-order valence-electron chi connectivity index (χ0n) is 10.9. The van der Waals surface area contributed by atoms with Crippen molar-refractivity contribution in [1.82, 2.24) is 4.31 Å². The highest BCUT2D eigenvalue weighted by molar-refractivity contribution is 7.89. The van der Waals surface area contributed by atoms with Crippen molar-refractivity contribution in [3.8, 4) is 0 Å². The van der Waals surface area contributed by atoms with E-state index in [1.165, 1.54) is 36.0 Å². The highest BCUT2D eigenvalue weighted by atomic mass is 35.5. The fourth-order valence-corrected chi connectivity index (χ4v) is 3.18. The maximum atomic E-state index is 12.4. The fourth-order valence-electron chi connectivity index (χ4n) is 1.77. The molecule has 0 fully saturated rings. The maximum absolute atomic E-state index is 12.4. The number of rotatable bonds is 5. The molecule has 0 radical (unpaired) electrons. The van der Waals surface area contributed by atoms with E-state index < -0.39 is 10.0 Å². The molecule has 5 nitrogen and oxygen atoms in total. The summed E-state index contributed by atoms with van der Waals surface area (Å²) in [6.45, 7) is 0.424. The number of halogens is 1. The Morgan fingerprint density at radius 2 is 2.10 bits per heavy atom. The van der Waals surface area contributed by atoms with Crippen molar-refractivity contribution in [2.24, 2.45) is 5.73 Å². The van der Waals surface area contributed by atoms with E-state index in [9.17, 15) is 8.42 Å². The van der Waals surface area contributed by atoms with Crippen LogP contribution in [0.4, 0.5) is 0 Å². The van der Waals surface area contributed by atoms with Gasteiger partial charge in [0, 0.05) is 30.7 Å². The first-order valence-electron chi connectivity index (χ1n) is 5.91. The molecule has 7 heteroatoms. The Labute approximate surface area is 123 Å². The maximum Gasteiger partial charge on any atom is 0.243 e. The lowest BCUT2D eigenvalue weighted by Gasteiger charge is -2.17. The second-order valence-corrected chi connectivity index (χ2v) is 6.80. The zero-order chi connectivity index (χ0) is 14.8. The van der Waals surface area contributed by atoms with Gasteiger partial charge in [-0.25, -0.2) is 8.42 Å². The molecule has 1 heterocycles. The van der Waals surface area contributed by atoms with E-state index >= 15 is 0 Å². The van der Waals surface area contributed by atoms with E-state index in [1.807, 2.05) is 0 Å². The molecule has 0 aliphatic heterocycles. The van der Waals surface area contributed by atoms with E-state index in [0.717, 1.165) is 5.56 Å². The van der Waals surface area contributed by atoms with E-state index in [2.05, 4.69) is 0 Å². The average molecular weight is 315 g/mol. The van der Waals surface area contributed by atoms with Crippen molar-refractivity contribution < 1.29 is 12.8 Å². The molecule has 1 aromatic carbocycles. The van der Waals surface area contributed by atoms with Crippen LogP contribution in [0.25, 0.3) is 0 Å². The average Bonchev–Trinajstić information content (AvgIpc) is 2.91. The first-order chi connectivity index (χ1) is 9.45. The van der Waals surface area contributed by atoms with Crippen LogP contribution in [0.15, 0.2) is 46.1 Å². The van der Waals surface area contributed by atoms with Crippen LogP contribution < -0.4 is 5.73 Å². The summed E-state index contributed by atoms with van der Waals surface area (Å²) in [7, 11) is -2.07. The second kappa shape index (κ2) is 5.97. The van der Waals surface area contributed by atoms with Gasteiger partial charge in [-0.2, -0.15) is 4.31 Å². The minimum absolute atomic E-state index is 0.174. The first kappa shape index (κ1) is 15.1. The van der Waals surface area contributed by atoms with Crippen LogP contribution in [-0.2, 0) is 23.1 Å². The van der Waals surface area contributed by atoms with Gasteiger partial charge in [0.15, 0.2) is 0 Å². The lowest BCUT2D eigenvalue weighted by molar-refractivity contribution is 0.463. The van der Waals surface area contributed by atoms with E-state index in [1.54, 1.807) is 12.1 Å². The van der Waals surface area contributed by atoms with Gasteiger partial charge in [-0.1, -0.05) is 11.6 Å². The third-order valence-corrected chi connectivity index (χ3v) is 5.10. The number of benzene rings is 1. The summed E-state index contributed by atoms with van der Waals surface area (Å²) in [4.78, 5) is 0.174. The zero-order valence-corrected chi connectivity index (χ0v) is 12.5. The van der Waals surface area contributed by atoms with Crippen molar-refractivity contribution in [3.63, 3.8) is 0 Å². The SMILES string of the molecule is CN(Cc1ccoc1)S(=O)(=O)c1ccc(Cl)c(CN)c1. The molecule has 0 aliphatic carbocycles. The standard InChI is InChI=1S/C13H15ClN2O3S/c1-16(8-10-4-5-19-9-10)20(17,18)12-2-3-13(14)11(6-12)7-15/h2-6,9H,7-8,15H2,1H3. The second-order valence-electron chi connectivity index (χ2n) is 4.35. The normalized spacial score (nSPS) is 12.0. The summed E-state index contributed by atoms with van der Waals surface area (Å²) in [6, 6.07) is 6.24. The highest BCUT2D eigenvalue weighted by Crippen LogP contribution is 2.23. The van der Waals surface area contributed by atoms with Crippen molar-refractivity contribution in [3.05, 3.63) is 52.9 Å². The number of nitrogens with zero attached hydrogens (tertiary/aromatic N) is 1. The molecule has 0 unspecified atom stereocenters. The van der Waals surface area contributed by atoms with Gasteiger partial charge in [0.2, 0.25) is 10.0 Å². The third-order valence-electron chi connectivity index (χ3n) is 2.93. The lowest BCUT2D eigenvalue weighted by Crippen LogP contribution is -2.26. The predicted octanol–water partition coefficient (Wildman–Crippen LogP) is 2.21. The minimum Gasteiger partial charge on any atom is -0.472 e. The number of hydrogen-bond donors (Lipinski definition) is 1. The molecule has 0 aliphatic rings. The third kappa shape index (κ3) is 3.04. The topological polar surface area (TPSA) is 76.5 Å². The van der Waals surface area contributed by atoms with Gasteiger partial charge in [-0.15, -0.1) is 0 Å². The molecular formula is C13H15ClN2O3S. The van der Waals surface area contributed by atoms with Crippen LogP contribution in [0, 0.1) is 0 Å². The minimum atomic E-state index is -3.59. The summed E-state index contributed by atoms with van der Waals surface area (Å²) < 4.78 is 31.1. The van der Waals surface area contributed by atoms with Crippen LogP contribution in [0.1, 0.15) is 11.1 Å². The van der Waals surface area contributed by atoms with Gasteiger partial charge < -0.3 is 10.2 Å². The van der Waals surface area contributed by atoms with Crippen LogP contribution in [0.5, 0.6) is 0 Å². The lowest BCUT2D eigenvalue weighted by atomic mass is 10.2. The summed E-state index contributed by atoms with van der Waals surface area (Å²) in [5.41, 5.74) is 6.93. The molecule has 2 rings (SSSR count). The molecule has 1 aromatic heterocycles.